The fraction of sp³-hybridized carbons (Fsp3) is 0.600. The Bertz CT molecular complexity index is 316. The van der Waals surface area contributed by atoms with Gasteiger partial charge in [0.25, 0.3) is 0 Å². The molecule has 3 nitrogen and oxygen atoms in total. The second-order valence-electron chi connectivity index (χ2n) is 4.37. The van der Waals surface area contributed by atoms with E-state index in [1.165, 1.54) is 32.6 Å². The molecule has 18 heavy (non-hydrogen) atoms. The second-order valence-corrected chi connectivity index (χ2v) is 4.37. The van der Waals surface area contributed by atoms with E-state index < -0.39 is 0 Å². The van der Waals surface area contributed by atoms with E-state index in [1.807, 2.05) is 13.0 Å². The maximum Gasteiger partial charge on any atom is 0.331 e. The van der Waals surface area contributed by atoms with Crippen molar-refractivity contribution in [2.24, 2.45) is 5.16 Å². The largest absolute Gasteiger partial charge is 0.331 e. The number of nitrogens with zero attached hydrogens (tertiary/aromatic N) is 1. The number of carbonyl (C=O) groups is 1. The van der Waals surface area contributed by atoms with Gasteiger partial charge in [0.1, 0.15) is 0 Å². The minimum atomic E-state index is -0.384. The van der Waals surface area contributed by atoms with E-state index in [1.54, 1.807) is 6.08 Å². The molecule has 0 amide bonds. The molecule has 3 heteroatoms. The summed E-state index contributed by atoms with van der Waals surface area (Å²) in [6.45, 7) is 9.17. The first kappa shape index (κ1) is 16.6. The van der Waals surface area contributed by atoms with Crippen molar-refractivity contribution in [1.29, 1.82) is 0 Å². The van der Waals surface area contributed by atoms with Gasteiger partial charge in [-0.25, -0.2) is 4.79 Å². The van der Waals surface area contributed by atoms with E-state index in [4.69, 9.17) is 4.84 Å². The summed E-state index contributed by atoms with van der Waals surface area (Å²) in [5.41, 5.74) is 1.84. The van der Waals surface area contributed by atoms with Crippen molar-refractivity contribution < 1.29 is 9.63 Å². The smallest absolute Gasteiger partial charge is 0.318 e. The number of rotatable bonds is 9. The van der Waals surface area contributed by atoms with E-state index in [9.17, 15) is 4.79 Å². The Hall–Kier alpha value is -1.38. The average Bonchev–Trinajstić information content (AvgIpc) is 2.32. The number of hydrogen-bond acceptors (Lipinski definition) is 3. The summed E-state index contributed by atoms with van der Waals surface area (Å²) in [5, 5.41) is 3.91. The van der Waals surface area contributed by atoms with Crippen LogP contribution >= 0.6 is 0 Å². The summed E-state index contributed by atoms with van der Waals surface area (Å²) in [6.07, 6.45) is 10.5. The Labute approximate surface area is 111 Å². The standard InChI is InChI=1S/C15H25NO2/c1-5-7-8-9-10-12-15(13(3)11-6-2)16-18-14(4)17/h6,11H,2,5,7-10,12H2,1,3-4H3/b13-11+,16-15+. The predicted molar refractivity (Wildman–Crippen MR) is 76.5 cm³/mol. The Morgan fingerprint density at radius 1 is 1.22 bits per heavy atom. The fourth-order valence-corrected chi connectivity index (χ4v) is 1.60. The third-order valence-corrected chi connectivity index (χ3v) is 2.62. The van der Waals surface area contributed by atoms with Crippen LogP contribution in [0.3, 0.4) is 0 Å². The van der Waals surface area contributed by atoms with Gasteiger partial charge in [-0.15, -0.1) is 0 Å². The molecular formula is C15H25NO2. The van der Waals surface area contributed by atoms with Crippen LogP contribution < -0.4 is 0 Å². The van der Waals surface area contributed by atoms with Gasteiger partial charge in [0.15, 0.2) is 0 Å². The average molecular weight is 251 g/mol. The van der Waals surface area contributed by atoms with Crippen molar-refractivity contribution in [2.45, 2.75) is 59.3 Å². The summed E-state index contributed by atoms with van der Waals surface area (Å²) < 4.78 is 0. The van der Waals surface area contributed by atoms with Crippen LogP contribution in [0.5, 0.6) is 0 Å². The molecule has 0 aromatic carbocycles. The minimum absolute atomic E-state index is 0.384. The van der Waals surface area contributed by atoms with Gasteiger partial charge in [0.2, 0.25) is 0 Å². The molecule has 0 heterocycles. The van der Waals surface area contributed by atoms with Crippen LogP contribution in [0.15, 0.2) is 29.5 Å². The topological polar surface area (TPSA) is 38.7 Å². The summed E-state index contributed by atoms with van der Waals surface area (Å²) >= 11 is 0. The predicted octanol–water partition coefficient (Wildman–Crippen LogP) is 4.40. The molecule has 0 radical (unpaired) electrons. The fourth-order valence-electron chi connectivity index (χ4n) is 1.60. The normalized spacial score (nSPS) is 12.4. The lowest BCUT2D eigenvalue weighted by atomic mass is 10.0. The van der Waals surface area contributed by atoms with E-state index >= 15 is 0 Å². The van der Waals surface area contributed by atoms with Gasteiger partial charge in [-0.3, -0.25) is 0 Å². The Kier molecular flexibility index (Phi) is 9.93. The molecule has 0 aliphatic carbocycles. The molecule has 0 bridgehead atoms. The van der Waals surface area contributed by atoms with Crippen LogP contribution in [0.1, 0.15) is 59.3 Å². The zero-order valence-electron chi connectivity index (χ0n) is 11.9. The maximum absolute atomic E-state index is 10.8. The van der Waals surface area contributed by atoms with Crippen molar-refractivity contribution >= 4 is 11.7 Å². The Morgan fingerprint density at radius 2 is 1.89 bits per heavy atom. The van der Waals surface area contributed by atoms with Crippen LogP contribution in [0.4, 0.5) is 0 Å². The highest BCUT2D eigenvalue weighted by atomic mass is 16.7. The van der Waals surface area contributed by atoms with Gasteiger partial charge in [-0.2, -0.15) is 0 Å². The first-order chi connectivity index (χ1) is 8.61. The summed E-state index contributed by atoms with van der Waals surface area (Å²) in [7, 11) is 0. The quantitative estimate of drug-likeness (QED) is 0.200. The van der Waals surface area contributed by atoms with Crippen LogP contribution in [0.25, 0.3) is 0 Å². The molecule has 0 rings (SSSR count). The van der Waals surface area contributed by atoms with E-state index in [-0.39, 0.29) is 5.97 Å². The molecule has 0 aromatic rings. The van der Waals surface area contributed by atoms with Gasteiger partial charge in [-0.05, 0) is 25.3 Å². The number of oxime groups is 1. The van der Waals surface area contributed by atoms with Crippen molar-refractivity contribution in [2.75, 3.05) is 0 Å². The van der Waals surface area contributed by atoms with Crippen LogP contribution in [0.2, 0.25) is 0 Å². The first-order valence-corrected chi connectivity index (χ1v) is 6.66. The molecule has 0 aliphatic heterocycles. The van der Waals surface area contributed by atoms with Crippen LogP contribution in [0, 0.1) is 0 Å². The summed E-state index contributed by atoms with van der Waals surface area (Å²) in [4.78, 5) is 15.5. The number of carbonyl (C=O) groups excluding carboxylic acids is 1. The van der Waals surface area contributed by atoms with Crippen molar-refractivity contribution in [1.82, 2.24) is 0 Å². The van der Waals surface area contributed by atoms with Gasteiger partial charge in [-0.1, -0.05) is 56.5 Å². The van der Waals surface area contributed by atoms with Gasteiger partial charge in [0.05, 0.1) is 5.71 Å². The highest BCUT2D eigenvalue weighted by molar-refractivity contribution is 5.99. The zero-order chi connectivity index (χ0) is 13.8. The molecular weight excluding hydrogens is 226 g/mol. The highest BCUT2D eigenvalue weighted by Gasteiger charge is 2.04. The third kappa shape index (κ3) is 8.74. The van der Waals surface area contributed by atoms with Gasteiger partial charge < -0.3 is 4.84 Å². The monoisotopic (exact) mass is 251 g/mol. The molecule has 0 saturated heterocycles. The molecule has 0 fully saturated rings. The molecule has 0 unspecified atom stereocenters. The molecule has 0 aromatic heterocycles. The van der Waals surface area contributed by atoms with Gasteiger partial charge in [0, 0.05) is 6.92 Å². The third-order valence-electron chi connectivity index (χ3n) is 2.62. The SMILES string of the molecule is C=C/C=C(C)/C(CCCCCCC)=N/OC(C)=O. The minimum Gasteiger partial charge on any atom is -0.318 e. The lowest BCUT2D eigenvalue weighted by Gasteiger charge is -2.05. The van der Waals surface area contributed by atoms with E-state index in [2.05, 4.69) is 18.7 Å². The van der Waals surface area contributed by atoms with E-state index in [0.29, 0.717) is 0 Å². The Balaban J connectivity index is 4.30. The summed E-state index contributed by atoms with van der Waals surface area (Å²) in [6, 6.07) is 0. The molecule has 0 aliphatic rings. The maximum atomic E-state index is 10.8. The van der Waals surface area contributed by atoms with Crippen molar-refractivity contribution in [3.63, 3.8) is 0 Å². The number of allylic oxidation sites excluding steroid dienone is 3. The van der Waals surface area contributed by atoms with Crippen molar-refractivity contribution in [3.05, 3.63) is 24.3 Å². The molecule has 0 spiro atoms. The molecule has 0 saturated carbocycles. The first-order valence-electron chi connectivity index (χ1n) is 6.66. The second kappa shape index (κ2) is 10.8. The molecule has 102 valence electrons. The molecule has 0 atom stereocenters. The number of hydrogen-bond donors (Lipinski definition) is 0. The lowest BCUT2D eigenvalue weighted by Crippen LogP contribution is -2.04. The lowest BCUT2D eigenvalue weighted by molar-refractivity contribution is -0.140. The summed E-state index contributed by atoms with van der Waals surface area (Å²) in [5.74, 6) is -0.384. The number of unbranched alkanes of at least 4 members (excludes halogenated alkanes) is 4. The molecule has 0 N–H and O–H groups in total. The van der Waals surface area contributed by atoms with E-state index in [0.717, 1.165) is 24.1 Å². The van der Waals surface area contributed by atoms with Crippen molar-refractivity contribution in [3.8, 4) is 0 Å². The highest BCUT2D eigenvalue weighted by Crippen LogP contribution is 2.10. The Morgan fingerprint density at radius 3 is 2.44 bits per heavy atom. The zero-order valence-corrected chi connectivity index (χ0v) is 11.9. The van der Waals surface area contributed by atoms with Crippen LogP contribution in [-0.2, 0) is 9.63 Å². The van der Waals surface area contributed by atoms with Gasteiger partial charge >= 0.3 is 5.97 Å². The van der Waals surface area contributed by atoms with Crippen LogP contribution in [-0.4, -0.2) is 11.7 Å².